The molecular weight excluding hydrogens is 314 g/mol. The maximum absolute atomic E-state index is 10.4. The van der Waals surface area contributed by atoms with E-state index < -0.39 is 37.6 Å². The summed E-state index contributed by atoms with van der Waals surface area (Å²) in [6.45, 7) is 0. The summed E-state index contributed by atoms with van der Waals surface area (Å²) in [4.78, 5) is 27.8. The molecule has 0 aromatic heterocycles. The van der Waals surface area contributed by atoms with Gasteiger partial charge in [0, 0.05) is 45.5 Å². The zero-order valence-electron chi connectivity index (χ0n) is 8.10. The monoisotopic (exact) mass is 317 g/mol. The minimum Gasteiger partial charge on any atom is -0.497 e. The molecule has 1 aromatic rings. The maximum Gasteiger partial charge on any atom is 0.324 e. The fourth-order valence-electron chi connectivity index (χ4n) is 0.974. The van der Waals surface area contributed by atoms with Gasteiger partial charge in [-0.15, -0.1) is 0 Å². The van der Waals surface area contributed by atoms with E-state index in [1.807, 2.05) is 0 Å². The second-order valence-electron chi connectivity index (χ2n) is 2.60. The number of aromatic hydroxyl groups is 1. The van der Waals surface area contributed by atoms with Crippen molar-refractivity contribution in [3.63, 3.8) is 0 Å². The van der Waals surface area contributed by atoms with Crippen LogP contribution in [-0.2, 0) is 0 Å². The predicted molar refractivity (Wildman–Crippen MR) is 53.8 cm³/mol. The molecule has 1 N–H and O–H groups in total. The minimum atomic E-state index is -1.21. The molecule has 0 aliphatic carbocycles. The van der Waals surface area contributed by atoms with Gasteiger partial charge in [0.2, 0.25) is 0 Å². The smallest absolute Gasteiger partial charge is 0.324 e. The Hall–Kier alpha value is -1.30. The molecule has 0 aliphatic rings. The maximum atomic E-state index is 10.4. The first-order valence-corrected chi connectivity index (χ1v) is 3.64. The van der Waals surface area contributed by atoms with Crippen LogP contribution in [0.1, 0.15) is 0 Å². The number of non-ortho nitro benzene ring substituents is 1. The van der Waals surface area contributed by atoms with Gasteiger partial charge >= 0.3 is 11.4 Å². The summed E-state index contributed by atoms with van der Waals surface area (Å²) in [5.41, 5.74) is -3.00. The van der Waals surface area contributed by atoms with E-state index in [9.17, 15) is 30.3 Å². The van der Waals surface area contributed by atoms with Gasteiger partial charge in [0.25, 0.3) is 11.4 Å². The van der Waals surface area contributed by atoms with Crippen molar-refractivity contribution in [3.8, 4) is 5.75 Å². The van der Waals surface area contributed by atoms with Gasteiger partial charge in [-0.1, -0.05) is 0 Å². The standard InChI is InChI=1S/C6H3N3O7.Sr/c10-6-4(8(13)14)1-3(7(11)12)2-5(6)9(15)16;/h1-2,10H;. The summed E-state index contributed by atoms with van der Waals surface area (Å²) in [7, 11) is 0. The first kappa shape index (κ1) is 15.7. The van der Waals surface area contributed by atoms with Gasteiger partial charge in [0.1, 0.15) is 0 Å². The Morgan fingerprint density at radius 1 is 0.882 bits per heavy atom. The molecule has 11 heteroatoms. The molecule has 0 heterocycles. The number of nitro groups is 3. The van der Waals surface area contributed by atoms with Crippen molar-refractivity contribution < 1.29 is 19.9 Å². The molecule has 0 fully saturated rings. The Morgan fingerprint density at radius 3 is 1.47 bits per heavy atom. The Kier molecular flexibility index (Phi) is 5.41. The van der Waals surface area contributed by atoms with E-state index in [4.69, 9.17) is 5.11 Å². The quantitative estimate of drug-likeness (QED) is 0.490. The Morgan fingerprint density at radius 2 is 1.24 bits per heavy atom. The SMILES string of the molecule is O=[N+]([O-])c1cc([N+](=O)[O-])c(O)c([N+](=O)[O-])c1.[Sr]. The van der Waals surface area contributed by atoms with Crippen LogP contribution in [0.15, 0.2) is 12.1 Å². The molecular formula is C6H3N3O7Sr. The normalized spacial score (nSPS) is 9.18. The Balaban J connectivity index is 0.00000256. The van der Waals surface area contributed by atoms with Gasteiger partial charge in [-0.25, -0.2) is 0 Å². The van der Waals surface area contributed by atoms with Gasteiger partial charge in [0.15, 0.2) is 0 Å². The molecule has 0 amide bonds. The van der Waals surface area contributed by atoms with Gasteiger partial charge in [-0.3, -0.25) is 30.3 Å². The summed E-state index contributed by atoms with van der Waals surface area (Å²) in [5.74, 6) is -1.21. The zero-order valence-corrected chi connectivity index (χ0v) is 11.6. The number of hydrogen-bond acceptors (Lipinski definition) is 7. The molecule has 17 heavy (non-hydrogen) atoms. The first-order valence-electron chi connectivity index (χ1n) is 3.64. The molecule has 1 aromatic carbocycles. The van der Waals surface area contributed by atoms with Crippen LogP contribution >= 0.6 is 0 Å². The van der Waals surface area contributed by atoms with E-state index in [0.29, 0.717) is 12.1 Å². The number of benzene rings is 1. The van der Waals surface area contributed by atoms with Crippen LogP contribution in [0.2, 0.25) is 0 Å². The molecule has 2 radical (unpaired) electrons. The van der Waals surface area contributed by atoms with Gasteiger partial charge < -0.3 is 5.11 Å². The third kappa shape index (κ3) is 3.33. The number of phenolic OH excluding ortho intramolecular Hbond substituents is 1. The van der Waals surface area contributed by atoms with Crippen molar-refractivity contribution in [2.75, 3.05) is 0 Å². The molecule has 86 valence electrons. The summed E-state index contributed by atoms with van der Waals surface area (Å²) >= 11 is 0. The van der Waals surface area contributed by atoms with Crippen molar-refractivity contribution in [2.24, 2.45) is 0 Å². The third-order valence-corrected chi connectivity index (χ3v) is 1.66. The van der Waals surface area contributed by atoms with E-state index in [2.05, 4.69) is 0 Å². The van der Waals surface area contributed by atoms with Gasteiger partial charge in [-0.05, 0) is 0 Å². The second-order valence-corrected chi connectivity index (χ2v) is 2.60. The third-order valence-electron chi connectivity index (χ3n) is 1.66. The first-order chi connectivity index (χ1) is 7.34. The molecule has 0 spiro atoms. The average molecular weight is 317 g/mol. The van der Waals surface area contributed by atoms with Crippen molar-refractivity contribution >= 4 is 62.5 Å². The Bertz CT molecular complexity index is 467. The van der Waals surface area contributed by atoms with Crippen LogP contribution in [-0.4, -0.2) is 65.4 Å². The van der Waals surface area contributed by atoms with Crippen molar-refractivity contribution in [1.29, 1.82) is 0 Å². The molecule has 1 rings (SSSR count). The summed E-state index contributed by atoms with van der Waals surface area (Å²) in [6.07, 6.45) is 0. The Labute approximate surface area is 130 Å². The molecule has 0 bridgehead atoms. The largest absolute Gasteiger partial charge is 0.497 e. The van der Waals surface area contributed by atoms with Crippen molar-refractivity contribution in [1.82, 2.24) is 0 Å². The summed E-state index contributed by atoms with van der Waals surface area (Å²) < 4.78 is 0. The van der Waals surface area contributed by atoms with Crippen molar-refractivity contribution in [2.45, 2.75) is 0 Å². The van der Waals surface area contributed by atoms with E-state index in [1.54, 1.807) is 0 Å². The van der Waals surface area contributed by atoms with Crippen LogP contribution in [0.25, 0.3) is 0 Å². The summed E-state index contributed by atoms with van der Waals surface area (Å²) in [6, 6.07) is 0.894. The van der Waals surface area contributed by atoms with Crippen LogP contribution in [0.4, 0.5) is 17.1 Å². The second kappa shape index (κ2) is 5.86. The predicted octanol–water partition coefficient (Wildman–Crippen LogP) is 0.736. The summed E-state index contributed by atoms with van der Waals surface area (Å²) in [5, 5.41) is 40.2. The number of nitro benzene ring substituents is 3. The zero-order chi connectivity index (χ0) is 12.5. The number of hydrogen-bond donors (Lipinski definition) is 1. The molecule has 0 aliphatic heterocycles. The average Bonchev–Trinajstić information content (AvgIpc) is 2.16. The van der Waals surface area contributed by atoms with E-state index in [1.165, 1.54) is 0 Å². The van der Waals surface area contributed by atoms with E-state index in [-0.39, 0.29) is 45.5 Å². The van der Waals surface area contributed by atoms with Gasteiger partial charge in [0.05, 0.1) is 26.9 Å². The number of nitrogens with zero attached hydrogens (tertiary/aromatic N) is 3. The molecule has 0 unspecified atom stereocenters. The number of rotatable bonds is 3. The van der Waals surface area contributed by atoms with Crippen molar-refractivity contribution in [3.05, 3.63) is 42.5 Å². The topological polar surface area (TPSA) is 150 Å². The van der Waals surface area contributed by atoms with E-state index in [0.717, 1.165) is 0 Å². The van der Waals surface area contributed by atoms with Gasteiger partial charge in [-0.2, -0.15) is 0 Å². The minimum absolute atomic E-state index is 0. The van der Waals surface area contributed by atoms with Crippen LogP contribution in [0.5, 0.6) is 5.75 Å². The van der Waals surface area contributed by atoms with Crippen LogP contribution in [0, 0.1) is 30.3 Å². The van der Waals surface area contributed by atoms with Crippen LogP contribution < -0.4 is 0 Å². The van der Waals surface area contributed by atoms with E-state index >= 15 is 0 Å². The molecule has 0 atom stereocenters. The molecule has 10 nitrogen and oxygen atoms in total. The number of phenols is 1. The molecule has 0 saturated heterocycles. The fraction of sp³-hybridized carbons (Fsp3) is 0. The molecule has 0 saturated carbocycles. The fourth-order valence-corrected chi connectivity index (χ4v) is 0.974. The van der Waals surface area contributed by atoms with Crippen LogP contribution in [0.3, 0.4) is 0 Å².